The van der Waals surface area contributed by atoms with Gasteiger partial charge in [0.15, 0.2) is 15.0 Å². The molecule has 2 aromatic rings. The van der Waals surface area contributed by atoms with Gasteiger partial charge in [0.1, 0.15) is 5.75 Å². The number of fused-ring (bicyclic) bond motifs is 1. The number of sulfone groups is 1. The fraction of sp³-hybridized carbons (Fsp3) is 0.462. The molecule has 0 aliphatic carbocycles. The Morgan fingerprint density at radius 2 is 2.29 bits per heavy atom. The fourth-order valence-electron chi connectivity index (χ4n) is 2.33. The van der Waals surface area contributed by atoms with Gasteiger partial charge in [0, 0.05) is 6.07 Å². The maximum atomic E-state index is 11.5. The van der Waals surface area contributed by atoms with E-state index in [4.69, 9.17) is 4.74 Å². The molecule has 114 valence electrons. The van der Waals surface area contributed by atoms with Gasteiger partial charge in [0.05, 0.1) is 40.5 Å². The molecule has 1 aliphatic rings. The quantitative estimate of drug-likeness (QED) is 0.876. The molecule has 3 rings (SSSR count). The number of benzene rings is 1. The highest BCUT2D eigenvalue weighted by molar-refractivity contribution is 8.01. The molecule has 2 unspecified atom stereocenters. The number of hydrogen-bond acceptors (Lipinski definition) is 6. The van der Waals surface area contributed by atoms with Crippen molar-refractivity contribution in [2.24, 2.45) is 0 Å². The number of aromatic amines is 1. The minimum absolute atomic E-state index is 0.0138. The fourth-order valence-corrected chi connectivity index (χ4v) is 5.82. The van der Waals surface area contributed by atoms with Crippen LogP contribution in [0.3, 0.4) is 0 Å². The van der Waals surface area contributed by atoms with Gasteiger partial charge in [-0.25, -0.2) is 13.4 Å². The molecule has 0 amide bonds. The maximum Gasteiger partial charge on any atom is 0.166 e. The molecule has 1 aromatic heterocycles. The topological polar surface area (TPSA) is 92.3 Å². The van der Waals surface area contributed by atoms with Crippen LogP contribution in [-0.4, -0.2) is 53.0 Å². The number of aliphatic hydroxyl groups excluding tert-OH is 1. The second kappa shape index (κ2) is 5.51. The van der Waals surface area contributed by atoms with E-state index in [1.807, 2.05) is 25.1 Å². The molecular formula is C13H16N2O4S2. The van der Waals surface area contributed by atoms with Crippen LogP contribution in [0, 0.1) is 0 Å². The molecule has 21 heavy (non-hydrogen) atoms. The average Bonchev–Trinajstić information content (AvgIpc) is 2.89. The van der Waals surface area contributed by atoms with Gasteiger partial charge in [-0.2, -0.15) is 0 Å². The van der Waals surface area contributed by atoms with Gasteiger partial charge in [-0.15, -0.1) is 0 Å². The number of nitrogens with zero attached hydrogens (tertiary/aromatic N) is 1. The number of rotatable bonds is 4. The van der Waals surface area contributed by atoms with Crippen LogP contribution in [0.1, 0.15) is 6.92 Å². The number of imidazole rings is 1. The Labute approximate surface area is 126 Å². The van der Waals surface area contributed by atoms with Crippen molar-refractivity contribution in [3.63, 3.8) is 0 Å². The average molecular weight is 328 g/mol. The van der Waals surface area contributed by atoms with Crippen LogP contribution in [-0.2, 0) is 9.84 Å². The van der Waals surface area contributed by atoms with Crippen LogP contribution in [0.25, 0.3) is 11.0 Å². The van der Waals surface area contributed by atoms with Crippen molar-refractivity contribution in [1.82, 2.24) is 9.97 Å². The lowest BCUT2D eigenvalue weighted by Crippen LogP contribution is -2.20. The molecule has 1 aromatic carbocycles. The molecule has 0 radical (unpaired) electrons. The van der Waals surface area contributed by atoms with Crippen molar-refractivity contribution in [3.8, 4) is 5.75 Å². The molecule has 1 saturated heterocycles. The molecule has 0 spiro atoms. The monoisotopic (exact) mass is 328 g/mol. The van der Waals surface area contributed by atoms with Gasteiger partial charge < -0.3 is 14.8 Å². The van der Waals surface area contributed by atoms with Crippen molar-refractivity contribution in [3.05, 3.63) is 18.2 Å². The third-order valence-corrected chi connectivity index (χ3v) is 6.41. The van der Waals surface area contributed by atoms with Crippen LogP contribution in [0.4, 0.5) is 0 Å². The number of hydrogen-bond donors (Lipinski definition) is 2. The molecule has 0 bridgehead atoms. The molecule has 2 heterocycles. The summed E-state index contributed by atoms with van der Waals surface area (Å²) in [6.07, 6.45) is -0.841. The number of ether oxygens (including phenoxy) is 1. The Morgan fingerprint density at radius 1 is 1.48 bits per heavy atom. The summed E-state index contributed by atoms with van der Waals surface area (Å²) in [5, 5.41) is 10.1. The summed E-state index contributed by atoms with van der Waals surface area (Å²) in [5.74, 6) is 0.577. The second-order valence-corrected chi connectivity index (χ2v) is 8.34. The third kappa shape index (κ3) is 3.17. The lowest BCUT2D eigenvalue weighted by molar-refractivity contribution is 0.207. The highest BCUT2D eigenvalue weighted by atomic mass is 32.2. The second-order valence-electron chi connectivity index (χ2n) is 4.95. The molecule has 0 saturated carbocycles. The number of aromatic nitrogens is 2. The highest BCUT2D eigenvalue weighted by Crippen LogP contribution is 2.31. The van der Waals surface area contributed by atoms with Crippen LogP contribution in [0.5, 0.6) is 5.75 Å². The molecule has 2 atom stereocenters. The smallest absolute Gasteiger partial charge is 0.166 e. The van der Waals surface area contributed by atoms with Gasteiger partial charge in [-0.1, -0.05) is 11.8 Å². The summed E-state index contributed by atoms with van der Waals surface area (Å²) in [4.78, 5) is 7.54. The van der Waals surface area contributed by atoms with Crippen LogP contribution < -0.4 is 4.74 Å². The number of H-pyrrole nitrogens is 1. The van der Waals surface area contributed by atoms with Crippen LogP contribution in [0.15, 0.2) is 23.4 Å². The molecule has 1 aliphatic heterocycles. The zero-order valence-electron chi connectivity index (χ0n) is 11.4. The predicted molar refractivity (Wildman–Crippen MR) is 81.6 cm³/mol. The van der Waals surface area contributed by atoms with E-state index in [-0.39, 0.29) is 16.8 Å². The van der Waals surface area contributed by atoms with Crippen molar-refractivity contribution >= 4 is 32.6 Å². The summed E-state index contributed by atoms with van der Waals surface area (Å²) >= 11 is 1.27. The van der Waals surface area contributed by atoms with Crippen molar-refractivity contribution < 1.29 is 18.3 Å². The maximum absolute atomic E-state index is 11.5. The minimum atomic E-state index is -3.14. The standard InChI is InChI=1S/C13H16N2O4S2/c1-2-19-8-3-4-9-10(5-8)15-13(14-9)20-12-7-21(17,18)6-11(12)16/h3-5,11-12,16H,2,6-7H2,1H3,(H,14,15). The van der Waals surface area contributed by atoms with Crippen LogP contribution in [0.2, 0.25) is 0 Å². The third-order valence-electron chi connectivity index (χ3n) is 3.28. The number of aliphatic hydroxyl groups is 1. The first-order valence-electron chi connectivity index (χ1n) is 6.64. The summed E-state index contributed by atoms with van der Waals surface area (Å²) in [6.45, 7) is 2.51. The van der Waals surface area contributed by atoms with E-state index in [9.17, 15) is 13.5 Å². The van der Waals surface area contributed by atoms with E-state index in [1.165, 1.54) is 11.8 Å². The van der Waals surface area contributed by atoms with Gasteiger partial charge in [-0.05, 0) is 19.1 Å². The van der Waals surface area contributed by atoms with Gasteiger partial charge >= 0.3 is 0 Å². The summed E-state index contributed by atoms with van der Waals surface area (Å²) in [7, 11) is -3.14. The largest absolute Gasteiger partial charge is 0.494 e. The lowest BCUT2D eigenvalue weighted by atomic mass is 10.3. The first-order chi connectivity index (χ1) is 9.97. The number of thioether (sulfide) groups is 1. The zero-order valence-corrected chi connectivity index (χ0v) is 13.1. The van der Waals surface area contributed by atoms with Gasteiger partial charge in [0.25, 0.3) is 0 Å². The van der Waals surface area contributed by atoms with E-state index in [2.05, 4.69) is 9.97 Å². The van der Waals surface area contributed by atoms with Gasteiger partial charge in [-0.3, -0.25) is 0 Å². The van der Waals surface area contributed by atoms with E-state index in [1.54, 1.807) is 0 Å². The first-order valence-corrected chi connectivity index (χ1v) is 9.34. The molecular weight excluding hydrogens is 312 g/mol. The molecule has 1 fully saturated rings. The molecule has 8 heteroatoms. The van der Waals surface area contributed by atoms with Crippen molar-refractivity contribution in [2.75, 3.05) is 18.1 Å². The van der Waals surface area contributed by atoms with E-state index in [0.29, 0.717) is 11.8 Å². The molecule has 2 N–H and O–H groups in total. The van der Waals surface area contributed by atoms with Crippen molar-refractivity contribution in [1.29, 1.82) is 0 Å². The Morgan fingerprint density at radius 3 is 2.95 bits per heavy atom. The van der Waals surface area contributed by atoms with E-state index in [0.717, 1.165) is 16.8 Å². The summed E-state index contributed by atoms with van der Waals surface area (Å²) in [5.41, 5.74) is 1.62. The lowest BCUT2D eigenvalue weighted by Gasteiger charge is -2.09. The summed E-state index contributed by atoms with van der Waals surface area (Å²) < 4.78 is 28.4. The SMILES string of the molecule is CCOc1ccc2nc(SC3CS(=O)(=O)CC3O)[nH]c2c1. The summed E-state index contributed by atoms with van der Waals surface area (Å²) in [6, 6.07) is 5.55. The Balaban J connectivity index is 1.81. The van der Waals surface area contributed by atoms with Crippen molar-refractivity contribution in [2.45, 2.75) is 23.4 Å². The first kappa shape index (κ1) is 14.7. The highest BCUT2D eigenvalue weighted by Gasteiger charge is 2.37. The van der Waals surface area contributed by atoms with Crippen LogP contribution >= 0.6 is 11.8 Å². The Bertz CT molecular complexity index is 757. The number of nitrogens with one attached hydrogen (secondary N) is 1. The Kier molecular flexibility index (Phi) is 3.85. The predicted octanol–water partition coefficient (Wildman–Crippen LogP) is 1.21. The minimum Gasteiger partial charge on any atom is -0.494 e. The Hall–Kier alpha value is -1.25. The van der Waals surface area contributed by atoms with E-state index < -0.39 is 15.9 Å². The van der Waals surface area contributed by atoms with E-state index >= 15 is 0 Å². The normalized spacial score (nSPS) is 24.5. The molecule has 6 nitrogen and oxygen atoms in total. The zero-order chi connectivity index (χ0) is 15.0. The van der Waals surface area contributed by atoms with Gasteiger partial charge in [0.2, 0.25) is 0 Å².